The molecule has 3 N–H and O–H groups in total. The molecule has 2 aliphatic rings. The summed E-state index contributed by atoms with van der Waals surface area (Å²) in [5.74, 6) is -3.58. The Labute approximate surface area is 246 Å². The van der Waals surface area contributed by atoms with Crippen molar-refractivity contribution < 1.29 is 43.3 Å². The first kappa shape index (κ1) is 34.5. The van der Waals surface area contributed by atoms with Crippen LogP contribution in [0.2, 0.25) is 0 Å². The molecule has 1 heterocycles. The highest BCUT2D eigenvalue weighted by Crippen LogP contribution is 2.28. The van der Waals surface area contributed by atoms with Gasteiger partial charge >= 0.3 is 5.97 Å². The standard InChI is InChI=1S/C31H42N2O9/c1-16-12-22-27(32-20(5)34)24(36)15-23(29(22)38)33-31(39)17(2)10-9-11-25(40-7)30(42-21(6)35)19(4)14-18(3)28(37)26(13-16)41-8/h9-11,14-16,18,25-26,28,30,37H,12-13H2,1-8H3,(H,32,34)(H,33,39)/b11-9-,17-10+,19-14+/t16-,18+,25+,26+,28-,30+/m1/s1. The molecule has 1 aliphatic heterocycles. The molecule has 42 heavy (non-hydrogen) atoms. The highest BCUT2D eigenvalue weighted by molar-refractivity contribution is 6.24. The molecule has 0 radical (unpaired) electrons. The minimum Gasteiger partial charge on any atom is -0.455 e. The number of aliphatic hydroxyl groups excluding tert-OH is 1. The van der Waals surface area contributed by atoms with Crippen molar-refractivity contribution in [1.82, 2.24) is 10.6 Å². The molecule has 0 aromatic heterocycles. The first-order valence-electron chi connectivity index (χ1n) is 13.8. The number of aliphatic hydroxyl groups is 1. The largest absolute Gasteiger partial charge is 0.455 e. The van der Waals surface area contributed by atoms with E-state index in [2.05, 4.69) is 10.6 Å². The van der Waals surface area contributed by atoms with E-state index in [9.17, 15) is 29.1 Å². The summed E-state index contributed by atoms with van der Waals surface area (Å²) in [7, 11) is 2.92. The number of fused-ring (bicyclic) bond motifs is 2. The normalized spacial score (nSPS) is 31.6. The average molecular weight is 587 g/mol. The number of amides is 2. The maximum absolute atomic E-state index is 13.5. The molecule has 0 saturated carbocycles. The van der Waals surface area contributed by atoms with Gasteiger partial charge in [-0.15, -0.1) is 0 Å². The number of carbonyl (C=O) groups is 5. The van der Waals surface area contributed by atoms with Gasteiger partial charge in [0.25, 0.3) is 5.91 Å². The zero-order valence-electron chi connectivity index (χ0n) is 25.5. The number of methoxy groups -OCH3 is 2. The van der Waals surface area contributed by atoms with Crippen LogP contribution >= 0.6 is 0 Å². The SMILES string of the molecule is CO[C@H]1/C=C\C=C(/C)C(=O)NC2=CC(=O)C(NC(C)=O)=C(C[C@@H](C)C[C@H](OC)[C@H](O)[C@@H](C)/C=C(\C)[C@@H]1OC(C)=O)C2=O. The second-order valence-corrected chi connectivity index (χ2v) is 10.8. The summed E-state index contributed by atoms with van der Waals surface area (Å²) in [5.41, 5.74) is 0.574. The van der Waals surface area contributed by atoms with Gasteiger partial charge in [0.2, 0.25) is 17.5 Å². The Hall–Kier alpha value is -3.67. The Balaban J connectivity index is 2.64. The lowest BCUT2D eigenvalue weighted by atomic mass is 9.85. The van der Waals surface area contributed by atoms with Crippen molar-refractivity contribution in [2.24, 2.45) is 11.8 Å². The molecule has 2 amide bonds. The number of rotatable bonds is 4. The molecule has 0 spiro atoms. The molecule has 6 atom stereocenters. The topological polar surface area (TPSA) is 157 Å². The summed E-state index contributed by atoms with van der Waals surface area (Å²) < 4.78 is 16.8. The molecular formula is C31H42N2O9. The zero-order chi connectivity index (χ0) is 31.7. The third-order valence-corrected chi connectivity index (χ3v) is 7.14. The van der Waals surface area contributed by atoms with E-state index in [1.54, 1.807) is 32.1 Å². The summed E-state index contributed by atoms with van der Waals surface area (Å²) >= 11 is 0. The van der Waals surface area contributed by atoms with Crippen LogP contribution in [-0.4, -0.2) is 73.1 Å². The van der Waals surface area contributed by atoms with Gasteiger partial charge in [-0.05, 0) is 38.2 Å². The Morgan fingerprint density at radius 2 is 1.74 bits per heavy atom. The first-order valence-corrected chi connectivity index (χ1v) is 13.8. The van der Waals surface area contributed by atoms with E-state index < -0.39 is 59.7 Å². The van der Waals surface area contributed by atoms with Crippen molar-refractivity contribution in [3.05, 3.63) is 58.5 Å². The van der Waals surface area contributed by atoms with Gasteiger partial charge < -0.3 is 30.0 Å². The van der Waals surface area contributed by atoms with Crippen molar-refractivity contribution in [2.45, 2.75) is 78.8 Å². The van der Waals surface area contributed by atoms with Gasteiger partial charge in [0.05, 0.1) is 23.6 Å². The Bertz CT molecular complexity index is 1240. The summed E-state index contributed by atoms with van der Waals surface area (Å²) in [5, 5.41) is 16.2. The third kappa shape index (κ3) is 9.17. The number of ketones is 2. The fourth-order valence-electron chi connectivity index (χ4n) is 4.95. The number of Topliss-reactive ketones (excluding diaryl/α,β-unsaturated/α-hetero) is 1. The van der Waals surface area contributed by atoms with Gasteiger partial charge in [0.1, 0.15) is 6.10 Å². The fourth-order valence-corrected chi connectivity index (χ4v) is 4.95. The molecule has 0 saturated heterocycles. The molecule has 11 nitrogen and oxygen atoms in total. The van der Waals surface area contributed by atoms with Crippen molar-refractivity contribution in [1.29, 1.82) is 0 Å². The lowest BCUT2D eigenvalue weighted by Crippen LogP contribution is -2.38. The number of nitrogens with one attached hydrogen (secondary N) is 2. The first-order chi connectivity index (χ1) is 19.7. The predicted molar refractivity (Wildman–Crippen MR) is 154 cm³/mol. The second-order valence-electron chi connectivity index (χ2n) is 10.8. The predicted octanol–water partition coefficient (Wildman–Crippen LogP) is 2.37. The Kier molecular flexibility index (Phi) is 12.8. The molecule has 0 fully saturated rings. The number of esters is 1. The molecule has 0 aromatic carbocycles. The van der Waals surface area contributed by atoms with Gasteiger partial charge in [-0.25, -0.2) is 0 Å². The molecule has 0 aromatic rings. The van der Waals surface area contributed by atoms with Gasteiger partial charge in [0.15, 0.2) is 6.10 Å². The van der Waals surface area contributed by atoms with Crippen molar-refractivity contribution in [3.8, 4) is 0 Å². The maximum Gasteiger partial charge on any atom is 0.303 e. The van der Waals surface area contributed by atoms with Crippen LogP contribution < -0.4 is 10.6 Å². The van der Waals surface area contributed by atoms with E-state index in [0.717, 1.165) is 6.08 Å². The monoisotopic (exact) mass is 586 g/mol. The number of hydrogen-bond donors (Lipinski definition) is 3. The number of allylic oxidation sites excluding steroid dienone is 4. The number of ether oxygens (including phenoxy) is 3. The minimum atomic E-state index is -0.975. The van der Waals surface area contributed by atoms with Crippen LogP contribution in [0.4, 0.5) is 0 Å². The molecule has 2 bridgehead atoms. The van der Waals surface area contributed by atoms with Gasteiger partial charge in [-0.2, -0.15) is 0 Å². The van der Waals surface area contributed by atoms with Crippen molar-refractivity contribution in [2.75, 3.05) is 14.2 Å². The molecule has 11 heteroatoms. The van der Waals surface area contributed by atoms with Gasteiger partial charge in [0, 0.05) is 51.2 Å². The lowest BCUT2D eigenvalue weighted by molar-refractivity contribution is -0.149. The van der Waals surface area contributed by atoms with Crippen LogP contribution in [0.3, 0.4) is 0 Å². The smallest absolute Gasteiger partial charge is 0.303 e. The molecule has 2 rings (SSSR count). The fraction of sp³-hybridized carbons (Fsp3) is 0.516. The van der Waals surface area contributed by atoms with Crippen molar-refractivity contribution in [3.63, 3.8) is 0 Å². The molecule has 1 aliphatic carbocycles. The summed E-state index contributed by atoms with van der Waals surface area (Å²) in [6, 6.07) is 0. The van der Waals surface area contributed by atoms with Crippen LogP contribution in [0.1, 0.15) is 54.4 Å². The third-order valence-electron chi connectivity index (χ3n) is 7.14. The van der Waals surface area contributed by atoms with Gasteiger partial charge in [-0.3, -0.25) is 24.0 Å². The number of hydrogen-bond acceptors (Lipinski definition) is 9. The summed E-state index contributed by atoms with van der Waals surface area (Å²) in [4.78, 5) is 63.2. The number of carbonyl (C=O) groups excluding carboxylic acids is 5. The minimum absolute atomic E-state index is 0.0558. The maximum atomic E-state index is 13.5. The second kappa shape index (κ2) is 15.5. The summed E-state index contributed by atoms with van der Waals surface area (Å²) in [6.07, 6.45) is 4.66. The van der Waals surface area contributed by atoms with Crippen LogP contribution in [0.15, 0.2) is 58.5 Å². The van der Waals surface area contributed by atoms with Crippen LogP contribution in [0.5, 0.6) is 0 Å². The van der Waals surface area contributed by atoms with Gasteiger partial charge in [-0.1, -0.05) is 38.2 Å². The Morgan fingerprint density at radius 3 is 2.31 bits per heavy atom. The molecule has 230 valence electrons. The van der Waals surface area contributed by atoms with Crippen LogP contribution in [0, 0.1) is 11.8 Å². The average Bonchev–Trinajstić information content (AvgIpc) is 2.91. The van der Waals surface area contributed by atoms with E-state index in [1.165, 1.54) is 41.1 Å². The van der Waals surface area contributed by atoms with E-state index in [1.807, 2.05) is 6.92 Å². The van der Waals surface area contributed by atoms with Crippen LogP contribution in [-0.2, 0) is 38.2 Å². The zero-order valence-corrected chi connectivity index (χ0v) is 25.5. The van der Waals surface area contributed by atoms with E-state index in [-0.39, 0.29) is 34.9 Å². The molecular weight excluding hydrogens is 544 g/mol. The van der Waals surface area contributed by atoms with Crippen LogP contribution in [0.25, 0.3) is 0 Å². The van der Waals surface area contributed by atoms with E-state index in [0.29, 0.717) is 12.0 Å². The van der Waals surface area contributed by atoms with E-state index >= 15 is 0 Å². The highest BCUT2D eigenvalue weighted by atomic mass is 16.6. The lowest BCUT2D eigenvalue weighted by Gasteiger charge is -2.30. The van der Waals surface area contributed by atoms with Crippen molar-refractivity contribution >= 4 is 29.4 Å². The molecule has 0 unspecified atom stereocenters. The highest BCUT2D eigenvalue weighted by Gasteiger charge is 2.33. The quantitative estimate of drug-likeness (QED) is 0.256. The Morgan fingerprint density at radius 1 is 1.07 bits per heavy atom. The summed E-state index contributed by atoms with van der Waals surface area (Å²) in [6.45, 7) is 9.45. The van der Waals surface area contributed by atoms with E-state index in [4.69, 9.17) is 14.2 Å².